The van der Waals surface area contributed by atoms with Crippen LogP contribution in [-0.2, 0) is 20.9 Å². The Morgan fingerprint density at radius 3 is 2.46 bits per heavy atom. The van der Waals surface area contributed by atoms with Crippen LogP contribution < -0.4 is 10.1 Å². The molecule has 0 radical (unpaired) electrons. The van der Waals surface area contributed by atoms with Crippen molar-refractivity contribution in [3.63, 3.8) is 0 Å². The van der Waals surface area contributed by atoms with Gasteiger partial charge in [0.05, 0.1) is 0 Å². The Morgan fingerprint density at radius 2 is 1.88 bits per heavy atom. The molecule has 1 aromatic rings. The molecule has 0 bridgehead atoms. The van der Waals surface area contributed by atoms with E-state index in [2.05, 4.69) is 21.2 Å². The standard InChI is InChI=1S/C17H24BrNO5/c1-17(2,18)16(22)24-11-13-5-7-14(8-6-13)23-12-15(21)19-9-3-4-10-20/h5-8,20H,3-4,9-12H2,1-2H3,(H,19,21). The number of benzene rings is 1. The van der Waals surface area contributed by atoms with Crippen LogP contribution in [0.1, 0.15) is 32.3 Å². The second kappa shape index (κ2) is 10.3. The van der Waals surface area contributed by atoms with Gasteiger partial charge >= 0.3 is 5.97 Å². The third-order valence-electron chi connectivity index (χ3n) is 3.06. The van der Waals surface area contributed by atoms with E-state index >= 15 is 0 Å². The molecule has 24 heavy (non-hydrogen) atoms. The lowest BCUT2D eigenvalue weighted by Gasteiger charge is -2.15. The fraction of sp³-hybridized carbons (Fsp3) is 0.529. The van der Waals surface area contributed by atoms with Crippen LogP contribution in [0.3, 0.4) is 0 Å². The van der Waals surface area contributed by atoms with Crippen LogP contribution in [0, 0.1) is 0 Å². The molecule has 0 spiro atoms. The summed E-state index contributed by atoms with van der Waals surface area (Å²) in [4.78, 5) is 23.2. The molecule has 2 N–H and O–H groups in total. The summed E-state index contributed by atoms with van der Waals surface area (Å²) in [6, 6.07) is 7.01. The summed E-state index contributed by atoms with van der Waals surface area (Å²) in [5.41, 5.74) is 0.834. The molecule has 134 valence electrons. The van der Waals surface area contributed by atoms with Gasteiger partial charge in [0.2, 0.25) is 0 Å². The van der Waals surface area contributed by atoms with Crippen LogP contribution in [0.15, 0.2) is 24.3 Å². The van der Waals surface area contributed by atoms with Crippen LogP contribution >= 0.6 is 15.9 Å². The molecular formula is C17H24BrNO5. The fourth-order valence-corrected chi connectivity index (χ4v) is 1.78. The number of aliphatic hydroxyl groups is 1. The summed E-state index contributed by atoms with van der Waals surface area (Å²) < 4.78 is 9.86. The number of ether oxygens (including phenoxy) is 2. The van der Waals surface area contributed by atoms with Gasteiger partial charge in [-0.25, -0.2) is 0 Å². The van der Waals surface area contributed by atoms with E-state index in [-0.39, 0.29) is 31.7 Å². The molecular weight excluding hydrogens is 378 g/mol. The molecule has 0 aromatic heterocycles. The number of amides is 1. The summed E-state index contributed by atoms with van der Waals surface area (Å²) in [6.07, 6.45) is 1.40. The van der Waals surface area contributed by atoms with Gasteiger partial charge in [-0.3, -0.25) is 9.59 Å². The zero-order valence-corrected chi connectivity index (χ0v) is 15.6. The summed E-state index contributed by atoms with van der Waals surface area (Å²) in [7, 11) is 0. The zero-order chi connectivity index (χ0) is 18.0. The van der Waals surface area contributed by atoms with Crippen molar-refractivity contribution in [3.05, 3.63) is 29.8 Å². The highest BCUT2D eigenvalue weighted by molar-refractivity contribution is 9.10. The smallest absolute Gasteiger partial charge is 0.322 e. The minimum atomic E-state index is -0.708. The molecule has 0 aliphatic rings. The van der Waals surface area contributed by atoms with Gasteiger partial charge in [-0.05, 0) is 44.4 Å². The van der Waals surface area contributed by atoms with Gasteiger partial charge in [-0.15, -0.1) is 0 Å². The van der Waals surface area contributed by atoms with E-state index in [1.54, 1.807) is 38.1 Å². The highest BCUT2D eigenvalue weighted by Crippen LogP contribution is 2.19. The maximum absolute atomic E-state index is 11.7. The van der Waals surface area contributed by atoms with Gasteiger partial charge in [0.15, 0.2) is 6.61 Å². The molecule has 1 aromatic carbocycles. The van der Waals surface area contributed by atoms with Gasteiger partial charge in [-0.2, -0.15) is 0 Å². The predicted octanol–water partition coefficient (Wildman–Crippen LogP) is 2.17. The van der Waals surface area contributed by atoms with Crippen molar-refractivity contribution >= 4 is 27.8 Å². The molecule has 0 saturated carbocycles. The molecule has 0 unspecified atom stereocenters. The molecule has 0 heterocycles. The van der Waals surface area contributed by atoms with Crippen LogP contribution in [0.25, 0.3) is 0 Å². The fourth-order valence-electron chi connectivity index (χ4n) is 1.67. The largest absolute Gasteiger partial charge is 0.484 e. The number of nitrogens with one attached hydrogen (secondary N) is 1. The molecule has 7 heteroatoms. The van der Waals surface area contributed by atoms with Crippen molar-refractivity contribution in [1.82, 2.24) is 5.32 Å². The van der Waals surface area contributed by atoms with Crippen molar-refractivity contribution in [2.24, 2.45) is 0 Å². The van der Waals surface area contributed by atoms with E-state index in [0.29, 0.717) is 18.7 Å². The van der Waals surface area contributed by atoms with Crippen LogP contribution in [0.4, 0.5) is 0 Å². The van der Waals surface area contributed by atoms with Gasteiger partial charge in [0.25, 0.3) is 5.91 Å². The number of carbonyl (C=O) groups excluding carboxylic acids is 2. The highest BCUT2D eigenvalue weighted by Gasteiger charge is 2.25. The summed E-state index contributed by atoms with van der Waals surface area (Å²) in [5.74, 6) is 0.0302. The van der Waals surface area contributed by atoms with Crippen molar-refractivity contribution < 1.29 is 24.2 Å². The van der Waals surface area contributed by atoms with E-state index in [1.807, 2.05) is 0 Å². The molecule has 0 atom stereocenters. The Hall–Kier alpha value is -1.60. The van der Waals surface area contributed by atoms with Crippen LogP contribution in [0.5, 0.6) is 5.75 Å². The number of esters is 1. The molecule has 1 amide bonds. The average Bonchev–Trinajstić information content (AvgIpc) is 2.54. The summed E-state index contributed by atoms with van der Waals surface area (Å²) >= 11 is 3.24. The van der Waals surface area contributed by atoms with Crippen molar-refractivity contribution in [2.75, 3.05) is 19.8 Å². The molecule has 0 fully saturated rings. The first kappa shape index (κ1) is 20.4. The van der Waals surface area contributed by atoms with Gasteiger partial charge in [0.1, 0.15) is 16.7 Å². The van der Waals surface area contributed by atoms with Crippen molar-refractivity contribution in [1.29, 1.82) is 0 Å². The number of rotatable bonds is 10. The van der Waals surface area contributed by atoms with Crippen LogP contribution in [0.2, 0.25) is 0 Å². The number of halogens is 1. The molecule has 0 saturated heterocycles. The Morgan fingerprint density at radius 1 is 1.21 bits per heavy atom. The van der Waals surface area contributed by atoms with Crippen molar-refractivity contribution in [3.8, 4) is 5.75 Å². The number of unbranched alkanes of at least 4 members (excludes halogenated alkanes) is 1. The first-order valence-corrected chi connectivity index (χ1v) is 8.57. The van der Waals surface area contributed by atoms with E-state index in [1.165, 1.54) is 0 Å². The first-order valence-electron chi connectivity index (χ1n) is 7.78. The Kier molecular flexibility index (Phi) is 8.78. The summed E-state index contributed by atoms with van der Waals surface area (Å²) in [5, 5.41) is 11.4. The molecule has 0 aliphatic carbocycles. The van der Waals surface area contributed by atoms with Gasteiger partial charge in [0, 0.05) is 13.2 Å². The topological polar surface area (TPSA) is 84.9 Å². The molecule has 0 aliphatic heterocycles. The second-order valence-electron chi connectivity index (χ2n) is 5.76. The van der Waals surface area contributed by atoms with Gasteiger partial charge in [-0.1, -0.05) is 28.1 Å². The average molecular weight is 402 g/mol. The zero-order valence-electron chi connectivity index (χ0n) is 14.0. The SMILES string of the molecule is CC(C)(Br)C(=O)OCc1ccc(OCC(=O)NCCCCO)cc1. The van der Waals surface area contributed by atoms with E-state index in [9.17, 15) is 9.59 Å². The lowest BCUT2D eigenvalue weighted by Crippen LogP contribution is -2.29. The Bertz CT molecular complexity index is 525. The number of hydrogen-bond donors (Lipinski definition) is 2. The lowest BCUT2D eigenvalue weighted by atomic mass is 10.2. The number of carbonyl (C=O) groups is 2. The number of hydrogen-bond acceptors (Lipinski definition) is 5. The molecule has 6 nitrogen and oxygen atoms in total. The monoisotopic (exact) mass is 401 g/mol. The Labute approximate surface area is 150 Å². The maximum atomic E-state index is 11.7. The second-order valence-corrected chi connectivity index (χ2v) is 7.74. The number of aliphatic hydroxyl groups excluding tert-OH is 1. The lowest BCUT2D eigenvalue weighted by molar-refractivity contribution is -0.146. The third-order valence-corrected chi connectivity index (χ3v) is 3.38. The minimum Gasteiger partial charge on any atom is -0.484 e. The van der Waals surface area contributed by atoms with Gasteiger partial charge < -0.3 is 19.9 Å². The number of alkyl halides is 1. The van der Waals surface area contributed by atoms with Crippen LogP contribution in [-0.4, -0.2) is 41.1 Å². The highest BCUT2D eigenvalue weighted by atomic mass is 79.9. The third kappa shape index (κ3) is 8.31. The van der Waals surface area contributed by atoms with E-state index in [4.69, 9.17) is 14.6 Å². The molecule has 1 rings (SSSR count). The quantitative estimate of drug-likeness (QED) is 0.356. The summed E-state index contributed by atoms with van der Waals surface area (Å²) in [6.45, 7) is 4.21. The van der Waals surface area contributed by atoms with E-state index in [0.717, 1.165) is 12.0 Å². The normalized spacial score (nSPS) is 11.0. The minimum absolute atomic E-state index is 0.0643. The Balaban J connectivity index is 2.32. The first-order chi connectivity index (χ1) is 11.3. The van der Waals surface area contributed by atoms with E-state index < -0.39 is 4.32 Å². The van der Waals surface area contributed by atoms with Crippen molar-refractivity contribution in [2.45, 2.75) is 37.6 Å². The maximum Gasteiger partial charge on any atom is 0.322 e. The predicted molar refractivity (Wildman–Crippen MR) is 94.1 cm³/mol.